The van der Waals surface area contributed by atoms with Gasteiger partial charge in [0, 0.05) is 10.5 Å². The van der Waals surface area contributed by atoms with Crippen molar-refractivity contribution in [2.75, 3.05) is 10.2 Å². The van der Waals surface area contributed by atoms with E-state index in [-0.39, 0.29) is 6.04 Å². The van der Waals surface area contributed by atoms with Gasteiger partial charge in [-0.15, -0.1) is 0 Å². The van der Waals surface area contributed by atoms with Crippen LogP contribution in [0.25, 0.3) is 0 Å². The lowest BCUT2D eigenvalue weighted by Crippen LogP contribution is -2.42. The average molecular weight is 373 g/mol. The lowest BCUT2D eigenvalue weighted by molar-refractivity contribution is 0.382. The Morgan fingerprint density at radius 3 is 2.29 bits per heavy atom. The summed E-state index contributed by atoms with van der Waals surface area (Å²) in [5.41, 5.74) is 0. The van der Waals surface area contributed by atoms with Crippen LogP contribution in [0.15, 0.2) is 0 Å². The van der Waals surface area contributed by atoms with Gasteiger partial charge in [0.2, 0.25) is 10.0 Å². The Morgan fingerprint density at radius 2 is 1.82 bits per heavy atom. The number of hydrogen-bond acceptors (Lipinski definition) is 2. The van der Waals surface area contributed by atoms with Crippen LogP contribution in [0.2, 0.25) is 0 Å². The monoisotopic (exact) mass is 373 g/mol. The maximum Gasteiger partial charge on any atom is 0.212 e. The van der Waals surface area contributed by atoms with Crippen LogP contribution in [0.4, 0.5) is 0 Å². The molecule has 17 heavy (non-hydrogen) atoms. The Kier molecular flexibility index (Phi) is 6.72. The molecule has 0 saturated heterocycles. The van der Waals surface area contributed by atoms with Crippen molar-refractivity contribution in [3.8, 4) is 0 Å². The van der Waals surface area contributed by atoms with Gasteiger partial charge in [0.25, 0.3) is 0 Å². The van der Waals surface area contributed by atoms with E-state index in [0.29, 0.717) is 17.6 Å². The summed E-state index contributed by atoms with van der Waals surface area (Å²) in [4.78, 5) is 0. The highest BCUT2D eigenvalue weighted by atomic mass is 127. The number of rotatable bonds is 6. The number of hydrogen-bond donors (Lipinski definition) is 1. The zero-order chi connectivity index (χ0) is 12.9. The summed E-state index contributed by atoms with van der Waals surface area (Å²) in [6, 6.07) is 0.0733. The zero-order valence-electron chi connectivity index (χ0n) is 10.8. The topological polar surface area (TPSA) is 46.2 Å². The molecule has 1 N–H and O–H groups in total. The van der Waals surface area contributed by atoms with Crippen LogP contribution in [0.5, 0.6) is 0 Å². The van der Waals surface area contributed by atoms with Crippen molar-refractivity contribution in [3.05, 3.63) is 0 Å². The number of nitrogens with one attached hydrogen (secondary N) is 1. The molecule has 0 amide bonds. The molecule has 0 aromatic heterocycles. The SMILES string of the molecule is CC(C)C(CI)NS(=O)(=O)CC1CCCCC1. The summed E-state index contributed by atoms with van der Waals surface area (Å²) >= 11 is 2.25. The molecule has 0 radical (unpaired) electrons. The maximum absolute atomic E-state index is 12.1. The van der Waals surface area contributed by atoms with Crippen LogP contribution in [0.1, 0.15) is 46.0 Å². The van der Waals surface area contributed by atoms with Crippen LogP contribution >= 0.6 is 22.6 Å². The Bertz CT molecular complexity index is 310. The first-order valence-corrected chi connectivity index (χ1v) is 9.68. The van der Waals surface area contributed by atoms with Crippen molar-refractivity contribution in [2.24, 2.45) is 11.8 Å². The third kappa shape index (κ3) is 5.87. The van der Waals surface area contributed by atoms with Gasteiger partial charge >= 0.3 is 0 Å². The average Bonchev–Trinajstić information content (AvgIpc) is 2.26. The molecule has 1 unspecified atom stereocenters. The Balaban J connectivity index is 2.49. The molecular formula is C12H24INO2S. The molecule has 1 saturated carbocycles. The van der Waals surface area contributed by atoms with Crippen molar-refractivity contribution in [1.29, 1.82) is 0 Å². The summed E-state index contributed by atoms with van der Waals surface area (Å²) < 4.78 is 27.8. The van der Waals surface area contributed by atoms with E-state index in [4.69, 9.17) is 0 Å². The smallest absolute Gasteiger partial charge is 0.212 e. The largest absolute Gasteiger partial charge is 0.212 e. The summed E-state index contributed by atoms with van der Waals surface area (Å²) in [5.74, 6) is 1.06. The first-order chi connectivity index (χ1) is 7.94. The summed E-state index contributed by atoms with van der Waals surface area (Å²) in [7, 11) is -3.09. The summed E-state index contributed by atoms with van der Waals surface area (Å²) in [6.07, 6.45) is 5.82. The highest BCUT2D eigenvalue weighted by Gasteiger charge is 2.24. The second-order valence-electron chi connectivity index (χ2n) is 5.41. The lowest BCUT2D eigenvalue weighted by atomic mass is 9.91. The van der Waals surface area contributed by atoms with Crippen LogP contribution in [-0.4, -0.2) is 24.6 Å². The normalized spacial score (nSPS) is 20.7. The van der Waals surface area contributed by atoms with E-state index in [1.54, 1.807) is 0 Å². The molecule has 5 heteroatoms. The molecule has 0 aromatic rings. The van der Waals surface area contributed by atoms with Crippen LogP contribution in [0.3, 0.4) is 0 Å². The standard InChI is InChI=1S/C12H24INO2S/c1-10(2)12(8-13)14-17(15,16)9-11-6-4-3-5-7-11/h10-12,14H,3-9H2,1-2H3. The van der Waals surface area contributed by atoms with E-state index in [0.717, 1.165) is 17.3 Å². The fraction of sp³-hybridized carbons (Fsp3) is 1.00. The quantitative estimate of drug-likeness (QED) is 0.575. The lowest BCUT2D eigenvalue weighted by Gasteiger charge is -2.24. The molecule has 0 bridgehead atoms. The fourth-order valence-electron chi connectivity index (χ4n) is 2.29. The maximum atomic E-state index is 12.1. The third-order valence-corrected chi connectivity index (χ3v) is 6.00. The van der Waals surface area contributed by atoms with Gasteiger partial charge in [-0.2, -0.15) is 0 Å². The van der Waals surface area contributed by atoms with E-state index >= 15 is 0 Å². The highest BCUT2D eigenvalue weighted by Crippen LogP contribution is 2.24. The molecule has 1 aliphatic carbocycles. The predicted octanol–water partition coefficient (Wildman–Crippen LogP) is 2.95. The van der Waals surface area contributed by atoms with E-state index in [9.17, 15) is 8.42 Å². The van der Waals surface area contributed by atoms with Crippen molar-refractivity contribution >= 4 is 32.6 Å². The molecule has 1 atom stereocenters. The van der Waals surface area contributed by atoms with Crippen LogP contribution < -0.4 is 4.72 Å². The number of alkyl halides is 1. The summed E-state index contributed by atoms with van der Waals surface area (Å²) in [5, 5.41) is 0. The Morgan fingerprint density at radius 1 is 1.24 bits per heavy atom. The van der Waals surface area contributed by atoms with Gasteiger partial charge in [-0.05, 0) is 24.7 Å². The van der Waals surface area contributed by atoms with Crippen LogP contribution in [-0.2, 0) is 10.0 Å². The van der Waals surface area contributed by atoms with Gasteiger partial charge in [0.15, 0.2) is 0 Å². The summed E-state index contributed by atoms with van der Waals surface area (Å²) in [6.45, 7) is 4.12. The van der Waals surface area contributed by atoms with Gasteiger partial charge < -0.3 is 0 Å². The minimum Gasteiger partial charge on any atom is -0.212 e. The Labute approximate surface area is 119 Å². The molecular weight excluding hydrogens is 349 g/mol. The molecule has 0 aliphatic heterocycles. The van der Waals surface area contributed by atoms with E-state index in [2.05, 4.69) is 41.2 Å². The molecule has 0 spiro atoms. The van der Waals surface area contributed by atoms with E-state index < -0.39 is 10.0 Å². The number of sulfonamides is 1. The van der Waals surface area contributed by atoms with Gasteiger partial charge in [0.05, 0.1) is 5.75 Å². The molecule has 1 fully saturated rings. The van der Waals surface area contributed by atoms with Crippen molar-refractivity contribution < 1.29 is 8.42 Å². The van der Waals surface area contributed by atoms with Crippen molar-refractivity contribution in [2.45, 2.75) is 52.0 Å². The van der Waals surface area contributed by atoms with E-state index in [1.165, 1.54) is 19.3 Å². The molecule has 1 rings (SSSR count). The molecule has 1 aliphatic rings. The first kappa shape index (κ1) is 15.7. The van der Waals surface area contributed by atoms with Crippen molar-refractivity contribution in [1.82, 2.24) is 4.72 Å². The van der Waals surface area contributed by atoms with E-state index in [1.807, 2.05) is 0 Å². The van der Waals surface area contributed by atoms with Gasteiger partial charge in [0.1, 0.15) is 0 Å². The first-order valence-electron chi connectivity index (χ1n) is 6.50. The van der Waals surface area contributed by atoms with Gasteiger partial charge in [-0.3, -0.25) is 0 Å². The minimum atomic E-state index is -3.09. The highest BCUT2D eigenvalue weighted by molar-refractivity contribution is 14.1. The second-order valence-corrected chi connectivity index (χ2v) is 8.09. The predicted molar refractivity (Wildman–Crippen MR) is 81.0 cm³/mol. The molecule has 3 nitrogen and oxygen atoms in total. The molecule has 0 heterocycles. The van der Waals surface area contributed by atoms with Gasteiger partial charge in [-0.1, -0.05) is 55.7 Å². The number of halogens is 1. The molecule has 0 aromatic carbocycles. The second kappa shape index (κ2) is 7.28. The zero-order valence-corrected chi connectivity index (χ0v) is 13.8. The molecule has 102 valence electrons. The van der Waals surface area contributed by atoms with Crippen molar-refractivity contribution in [3.63, 3.8) is 0 Å². The van der Waals surface area contributed by atoms with Crippen LogP contribution in [0, 0.1) is 11.8 Å². The Hall–Kier alpha value is 0.640. The van der Waals surface area contributed by atoms with Gasteiger partial charge in [-0.25, -0.2) is 13.1 Å². The fourth-order valence-corrected chi connectivity index (χ4v) is 5.69. The third-order valence-electron chi connectivity index (χ3n) is 3.48. The minimum absolute atomic E-state index is 0.0733.